The minimum Gasteiger partial charge on any atom is -0.497 e. The van der Waals surface area contributed by atoms with Crippen molar-refractivity contribution in [2.75, 3.05) is 20.3 Å². The van der Waals surface area contributed by atoms with Gasteiger partial charge >= 0.3 is 0 Å². The van der Waals surface area contributed by atoms with Gasteiger partial charge in [0.15, 0.2) is 0 Å². The monoisotopic (exact) mass is 217 g/mol. The molecule has 0 saturated heterocycles. The number of aliphatic hydroxyl groups is 1. The smallest absolute Gasteiger partial charge is 0.118 e. The standard InChI is InChI=1S/C10H15NO2.ClH/c1-13-10-4-2-8(3-5-10)9(6-11)7-12;/h2-5,9,12H,6-7,11H2,1H3;1H. The highest BCUT2D eigenvalue weighted by Crippen LogP contribution is 2.17. The van der Waals surface area contributed by atoms with Gasteiger partial charge in [0.25, 0.3) is 0 Å². The molecule has 0 heterocycles. The van der Waals surface area contributed by atoms with Crippen LogP contribution in [0.5, 0.6) is 5.75 Å². The van der Waals surface area contributed by atoms with Crippen LogP contribution in [0.1, 0.15) is 11.5 Å². The van der Waals surface area contributed by atoms with E-state index < -0.39 is 0 Å². The Bertz CT molecular complexity index is 247. The van der Waals surface area contributed by atoms with Crippen LogP contribution in [0.2, 0.25) is 0 Å². The van der Waals surface area contributed by atoms with Crippen molar-refractivity contribution in [1.29, 1.82) is 0 Å². The zero-order valence-electron chi connectivity index (χ0n) is 8.14. The maximum Gasteiger partial charge on any atom is 0.118 e. The predicted molar refractivity (Wildman–Crippen MR) is 59.1 cm³/mol. The molecule has 1 aromatic rings. The van der Waals surface area contributed by atoms with Crippen molar-refractivity contribution < 1.29 is 9.84 Å². The minimum atomic E-state index is 0. The number of hydrogen-bond donors (Lipinski definition) is 2. The summed E-state index contributed by atoms with van der Waals surface area (Å²) >= 11 is 0. The van der Waals surface area contributed by atoms with Gasteiger partial charge in [-0.3, -0.25) is 0 Å². The number of hydrogen-bond acceptors (Lipinski definition) is 3. The van der Waals surface area contributed by atoms with Crippen LogP contribution in [0.3, 0.4) is 0 Å². The number of benzene rings is 1. The number of rotatable bonds is 4. The Kier molecular flexibility index (Phi) is 6.28. The summed E-state index contributed by atoms with van der Waals surface area (Å²) in [6.45, 7) is 0.547. The van der Waals surface area contributed by atoms with Crippen molar-refractivity contribution in [3.05, 3.63) is 29.8 Å². The lowest BCUT2D eigenvalue weighted by molar-refractivity contribution is 0.267. The van der Waals surface area contributed by atoms with Crippen molar-refractivity contribution in [2.24, 2.45) is 5.73 Å². The molecule has 80 valence electrons. The molecular weight excluding hydrogens is 202 g/mol. The Morgan fingerprint density at radius 1 is 1.36 bits per heavy atom. The summed E-state index contributed by atoms with van der Waals surface area (Å²) in [5.74, 6) is 0.850. The van der Waals surface area contributed by atoms with Crippen molar-refractivity contribution in [3.8, 4) is 5.75 Å². The average Bonchev–Trinajstić information content (AvgIpc) is 2.21. The zero-order chi connectivity index (χ0) is 9.68. The largest absolute Gasteiger partial charge is 0.497 e. The SMILES string of the molecule is COc1ccc(C(CN)CO)cc1.Cl. The van der Waals surface area contributed by atoms with Gasteiger partial charge in [-0.15, -0.1) is 12.4 Å². The molecule has 0 spiro atoms. The highest BCUT2D eigenvalue weighted by atomic mass is 35.5. The summed E-state index contributed by atoms with van der Waals surface area (Å²) in [5, 5.41) is 8.99. The molecule has 3 N–H and O–H groups in total. The summed E-state index contributed by atoms with van der Waals surface area (Å²) in [6, 6.07) is 7.58. The van der Waals surface area contributed by atoms with Gasteiger partial charge in [-0.25, -0.2) is 0 Å². The molecule has 1 atom stereocenters. The first-order valence-corrected chi connectivity index (χ1v) is 4.26. The number of aliphatic hydroxyl groups excluding tert-OH is 1. The van der Waals surface area contributed by atoms with E-state index in [1.54, 1.807) is 7.11 Å². The third-order valence-electron chi connectivity index (χ3n) is 2.09. The Balaban J connectivity index is 0.00000169. The van der Waals surface area contributed by atoms with Gasteiger partial charge in [-0.1, -0.05) is 12.1 Å². The summed E-state index contributed by atoms with van der Waals surface area (Å²) in [4.78, 5) is 0. The van der Waals surface area contributed by atoms with Crippen LogP contribution in [0, 0.1) is 0 Å². The first-order valence-electron chi connectivity index (χ1n) is 4.26. The Morgan fingerprint density at radius 2 is 1.93 bits per heavy atom. The Hall–Kier alpha value is -0.770. The fraction of sp³-hybridized carbons (Fsp3) is 0.400. The van der Waals surface area contributed by atoms with Crippen LogP contribution in [0.15, 0.2) is 24.3 Å². The van der Waals surface area contributed by atoms with Gasteiger partial charge in [0, 0.05) is 12.5 Å². The van der Waals surface area contributed by atoms with E-state index in [4.69, 9.17) is 15.6 Å². The Morgan fingerprint density at radius 3 is 2.29 bits per heavy atom. The topological polar surface area (TPSA) is 55.5 Å². The van der Waals surface area contributed by atoms with Gasteiger partial charge in [0.1, 0.15) is 5.75 Å². The number of methoxy groups -OCH3 is 1. The first-order chi connectivity index (χ1) is 6.31. The predicted octanol–water partition coefficient (Wildman–Crippen LogP) is 1.15. The molecule has 0 aliphatic rings. The zero-order valence-corrected chi connectivity index (χ0v) is 8.96. The van der Waals surface area contributed by atoms with E-state index in [9.17, 15) is 0 Å². The second-order valence-electron chi connectivity index (χ2n) is 2.89. The van der Waals surface area contributed by atoms with E-state index in [1.165, 1.54) is 0 Å². The molecule has 1 unspecified atom stereocenters. The van der Waals surface area contributed by atoms with Crippen LogP contribution >= 0.6 is 12.4 Å². The third kappa shape index (κ3) is 3.18. The molecule has 0 bridgehead atoms. The van der Waals surface area contributed by atoms with E-state index >= 15 is 0 Å². The molecule has 3 nitrogen and oxygen atoms in total. The van der Waals surface area contributed by atoms with E-state index in [0.29, 0.717) is 6.54 Å². The third-order valence-corrected chi connectivity index (χ3v) is 2.09. The molecule has 0 fully saturated rings. The normalized spacial score (nSPS) is 11.6. The molecule has 1 rings (SSSR count). The van der Waals surface area contributed by atoms with E-state index in [0.717, 1.165) is 11.3 Å². The van der Waals surface area contributed by atoms with Crippen LogP contribution in [-0.4, -0.2) is 25.4 Å². The molecule has 0 aliphatic heterocycles. The van der Waals surface area contributed by atoms with Crippen molar-refractivity contribution in [2.45, 2.75) is 5.92 Å². The molecular formula is C10H16ClNO2. The summed E-state index contributed by atoms with van der Waals surface area (Å²) < 4.78 is 5.02. The van der Waals surface area contributed by atoms with E-state index in [2.05, 4.69) is 0 Å². The van der Waals surface area contributed by atoms with Crippen LogP contribution in [-0.2, 0) is 0 Å². The van der Waals surface area contributed by atoms with Gasteiger partial charge < -0.3 is 15.6 Å². The minimum absolute atomic E-state index is 0. The number of ether oxygens (including phenoxy) is 1. The maximum atomic E-state index is 8.99. The van der Waals surface area contributed by atoms with Crippen LogP contribution < -0.4 is 10.5 Å². The fourth-order valence-corrected chi connectivity index (χ4v) is 1.19. The molecule has 0 amide bonds. The molecule has 0 radical (unpaired) electrons. The number of nitrogens with two attached hydrogens (primary N) is 1. The van der Waals surface area contributed by atoms with Gasteiger partial charge in [-0.2, -0.15) is 0 Å². The van der Waals surface area contributed by atoms with E-state index in [-0.39, 0.29) is 24.9 Å². The summed E-state index contributed by atoms with van der Waals surface area (Å²) in [5.41, 5.74) is 6.54. The fourth-order valence-electron chi connectivity index (χ4n) is 1.19. The van der Waals surface area contributed by atoms with Gasteiger partial charge in [0.05, 0.1) is 13.7 Å². The van der Waals surface area contributed by atoms with Crippen LogP contribution in [0.25, 0.3) is 0 Å². The summed E-state index contributed by atoms with van der Waals surface area (Å²) in [7, 11) is 1.63. The molecule has 0 aromatic heterocycles. The first kappa shape index (κ1) is 13.2. The second-order valence-corrected chi connectivity index (χ2v) is 2.89. The van der Waals surface area contributed by atoms with Crippen molar-refractivity contribution in [3.63, 3.8) is 0 Å². The molecule has 0 saturated carbocycles. The van der Waals surface area contributed by atoms with Crippen molar-refractivity contribution in [1.82, 2.24) is 0 Å². The molecule has 1 aromatic carbocycles. The summed E-state index contributed by atoms with van der Waals surface area (Å²) in [6.07, 6.45) is 0. The molecule has 0 aliphatic carbocycles. The lowest BCUT2D eigenvalue weighted by atomic mass is 10.0. The second kappa shape index (κ2) is 6.65. The number of halogens is 1. The lowest BCUT2D eigenvalue weighted by Gasteiger charge is -2.11. The maximum absolute atomic E-state index is 8.99. The molecule has 14 heavy (non-hydrogen) atoms. The van der Waals surface area contributed by atoms with E-state index in [1.807, 2.05) is 24.3 Å². The van der Waals surface area contributed by atoms with Gasteiger partial charge in [0.2, 0.25) is 0 Å². The van der Waals surface area contributed by atoms with Crippen LogP contribution in [0.4, 0.5) is 0 Å². The average molecular weight is 218 g/mol. The highest BCUT2D eigenvalue weighted by Gasteiger charge is 2.07. The quantitative estimate of drug-likeness (QED) is 0.796. The Labute approximate surface area is 90.3 Å². The highest BCUT2D eigenvalue weighted by molar-refractivity contribution is 5.85. The van der Waals surface area contributed by atoms with Gasteiger partial charge in [-0.05, 0) is 17.7 Å². The van der Waals surface area contributed by atoms with Crippen molar-refractivity contribution >= 4 is 12.4 Å². The lowest BCUT2D eigenvalue weighted by Crippen LogP contribution is -2.15. The molecule has 4 heteroatoms.